The minimum absolute atomic E-state index is 0.105. The first kappa shape index (κ1) is 64.8. The van der Waals surface area contributed by atoms with Gasteiger partial charge in [0.25, 0.3) is 0 Å². The van der Waals surface area contributed by atoms with Gasteiger partial charge in [0.1, 0.15) is 13.2 Å². The van der Waals surface area contributed by atoms with Gasteiger partial charge in [0.15, 0.2) is 6.10 Å². The second-order valence-electron chi connectivity index (χ2n) is 18.1. The maximum Gasteiger partial charge on any atom is 0.306 e. The van der Waals surface area contributed by atoms with E-state index in [-0.39, 0.29) is 31.1 Å². The van der Waals surface area contributed by atoms with Crippen LogP contribution in [0.3, 0.4) is 0 Å². The van der Waals surface area contributed by atoms with Crippen molar-refractivity contribution >= 4 is 17.9 Å². The van der Waals surface area contributed by atoms with Gasteiger partial charge in [0, 0.05) is 19.3 Å². The molecule has 0 aliphatic rings. The highest BCUT2D eigenvalue weighted by molar-refractivity contribution is 5.71. The first-order chi connectivity index (χ1) is 34.0. The van der Waals surface area contributed by atoms with E-state index in [1.54, 1.807) is 0 Å². The maximum atomic E-state index is 12.9. The lowest BCUT2D eigenvalue weighted by Crippen LogP contribution is -2.30. The Morgan fingerprint density at radius 2 is 0.565 bits per heavy atom. The lowest BCUT2D eigenvalue weighted by atomic mass is 10.1. The van der Waals surface area contributed by atoms with Crippen LogP contribution in [0.25, 0.3) is 0 Å². The summed E-state index contributed by atoms with van der Waals surface area (Å²) >= 11 is 0. The summed E-state index contributed by atoms with van der Waals surface area (Å²) < 4.78 is 16.8. The third-order valence-electron chi connectivity index (χ3n) is 11.4. The summed E-state index contributed by atoms with van der Waals surface area (Å²) in [5.74, 6) is -0.961. The van der Waals surface area contributed by atoms with E-state index >= 15 is 0 Å². The number of hydrogen-bond acceptors (Lipinski definition) is 6. The van der Waals surface area contributed by atoms with Crippen LogP contribution in [0, 0.1) is 0 Å². The minimum atomic E-state index is -0.807. The fourth-order valence-corrected chi connectivity index (χ4v) is 7.28. The number of hydrogen-bond donors (Lipinski definition) is 0. The van der Waals surface area contributed by atoms with Gasteiger partial charge in [-0.2, -0.15) is 0 Å². The zero-order chi connectivity index (χ0) is 50.0. The molecule has 0 atom stereocenters. The third-order valence-corrected chi connectivity index (χ3v) is 11.4. The summed E-state index contributed by atoms with van der Waals surface area (Å²) in [6.45, 7) is 6.33. The SMILES string of the molecule is CC/C=C\C/C=C\C/C=C\C/C=C\CCCCCCC(=O)OCC(COC(=O)CCCCCC/C=C\C/C=C\C/C=C\C/C=C\CC)OC(=O)CCCCCCCCC/C=C\C/C=C\CCCCC. The number of esters is 3. The summed E-state index contributed by atoms with van der Waals surface area (Å²) in [5, 5.41) is 0. The van der Waals surface area contributed by atoms with Gasteiger partial charge in [0.05, 0.1) is 0 Å². The topological polar surface area (TPSA) is 78.9 Å². The second-order valence-corrected chi connectivity index (χ2v) is 18.1. The second kappa shape index (κ2) is 56.4. The predicted octanol–water partition coefficient (Wildman–Crippen LogP) is 18.9. The largest absolute Gasteiger partial charge is 0.462 e. The van der Waals surface area contributed by atoms with Crippen LogP contribution in [0.2, 0.25) is 0 Å². The highest BCUT2D eigenvalue weighted by Crippen LogP contribution is 2.13. The molecule has 0 aliphatic carbocycles. The van der Waals surface area contributed by atoms with Crippen LogP contribution in [-0.4, -0.2) is 37.2 Å². The molecule has 0 aromatic heterocycles. The first-order valence-corrected chi connectivity index (χ1v) is 28.0. The van der Waals surface area contributed by atoms with Gasteiger partial charge in [-0.15, -0.1) is 0 Å². The summed E-state index contributed by atoms with van der Waals surface area (Å²) in [6.07, 6.45) is 77.5. The number of rotatable bonds is 49. The van der Waals surface area contributed by atoms with Crippen molar-refractivity contribution in [1.29, 1.82) is 0 Å². The highest BCUT2D eigenvalue weighted by Gasteiger charge is 2.19. The van der Waals surface area contributed by atoms with E-state index in [9.17, 15) is 14.4 Å². The standard InChI is InChI=1S/C63H102O6/c1-4-7-10-13-16-19-22-25-28-31-34-37-40-43-46-49-52-55-61(64)67-58-60(69-63(66)57-54-51-48-45-42-39-36-33-30-27-24-21-18-15-12-9-6-3)59-68-62(65)56-53-50-47-44-41-38-35-32-29-26-23-20-17-14-11-8-5-2/h7-8,10-11,16-21,25-30,34-35,37-38,60H,4-6,9,12-15,22-24,31-33,36,39-59H2,1-3H3/b10-7-,11-8-,19-16-,20-17-,21-18-,28-25-,29-26-,30-27-,37-34-,38-35-. The van der Waals surface area contributed by atoms with E-state index in [1.165, 1.54) is 51.4 Å². The molecule has 0 N–H and O–H groups in total. The molecule has 6 heteroatoms. The van der Waals surface area contributed by atoms with Crippen LogP contribution in [-0.2, 0) is 28.6 Å². The summed E-state index contributed by atoms with van der Waals surface area (Å²) in [6, 6.07) is 0. The van der Waals surface area contributed by atoms with Crippen LogP contribution in [0.4, 0.5) is 0 Å². The molecule has 0 aromatic carbocycles. The Morgan fingerprint density at radius 3 is 0.884 bits per heavy atom. The molecule has 0 rings (SSSR count). The number of ether oxygens (including phenoxy) is 3. The molecule has 0 radical (unpaired) electrons. The molecular formula is C63H102O6. The van der Waals surface area contributed by atoms with Crippen molar-refractivity contribution in [3.05, 3.63) is 122 Å². The lowest BCUT2D eigenvalue weighted by molar-refractivity contribution is -0.167. The van der Waals surface area contributed by atoms with Crippen molar-refractivity contribution in [3.63, 3.8) is 0 Å². The van der Waals surface area contributed by atoms with Gasteiger partial charge in [-0.3, -0.25) is 14.4 Å². The molecule has 0 spiro atoms. The fourth-order valence-electron chi connectivity index (χ4n) is 7.28. The Labute approximate surface area is 424 Å². The zero-order valence-corrected chi connectivity index (χ0v) is 44.5. The number of carbonyl (C=O) groups excluding carboxylic acids is 3. The molecular weight excluding hydrogens is 853 g/mol. The van der Waals surface area contributed by atoms with Crippen molar-refractivity contribution in [3.8, 4) is 0 Å². The number of carbonyl (C=O) groups is 3. The van der Waals surface area contributed by atoms with E-state index in [4.69, 9.17) is 14.2 Å². The lowest BCUT2D eigenvalue weighted by Gasteiger charge is -2.18. The minimum Gasteiger partial charge on any atom is -0.462 e. The van der Waals surface area contributed by atoms with Gasteiger partial charge in [-0.1, -0.05) is 213 Å². The average molecular weight is 956 g/mol. The van der Waals surface area contributed by atoms with Crippen LogP contribution >= 0.6 is 0 Å². The van der Waals surface area contributed by atoms with E-state index in [1.807, 2.05) is 0 Å². The molecule has 0 aromatic rings. The summed E-state index contributed by atoms with van der Waals surface area (Å²) in [4.78, 5) is 38.2. The normalized spacial score (nSPS) is 12.6. The average Bonchev–Trinajstić information content (AvgIpc) is 3.35. The highest BCUT2D eigenvalue weighted by atomic mass is 16.6. The van der Waals surface area contributed by atoms with Gasteiger partial charge in [-0.25, -0.2) is 0 Å². The molecule has 6 nitrogen and oxygen atoms in total. The van der Waals surface area contributed by atoms with Gasteiger partial charge in [0.2, 0.25) is 0 Å². The predicted molar refractivity (Wildman–Crippen MR) is 297 cm³/mol. The summed E-state index contributed by atoms with van der Waals surface area (Å²) in [5.41, 5.74) is 0. The monoisotopic (exact) mass is 955 g/mol. The van der Waals surface area contributed by atoms with E-state index in [2.05, 4.69) is 142 Å². The van der Waals surface area contributed by atoms with Crippen molar-refractivity contribution in [2.45, 2.75) is 245 Å². The Hall–Kier alpha value is -4.19. The van der Waals surface area contributed by atoms with Crippen LogP contribution in [0.1, 0.15) is 239 Å². The molecule has 69 heavy (non-hydrogen) atoms. The van der Waals surface area contributed by atoms with Crippen molar-refractivity contribution in [1.82, 2.24) is 0 Å². The Morgan fingerprint density at radius 1 is 0.304 bits per heavy atom. The first-order valence-electron chi connectivity index (χ1n) is 28.0. The van der Waals surface area contributed by atoms with Crippen LogP contribution in [0.15, 0.2) is 122 Å². The van der Waals surface area contributed by atoms with Gasteiger partial charge in [-0.05, 0) is 128 Å². The fraction of sp³-hybridized carbons (Fsp3) is 0.635. The summed E-state index contributed by atoms with van der Waals surface area (Å²) in [7, 11) is 0. The molecule has 0 heterocycles. The molecule has 0 saturated carbocycles. The van der Waals surface area contributed by atoms with Crippen LogP contribution < -0.4 is 0 Å². The van der Waals surface area contributed by atoms with Gasteiger partial charge >= 0.3 is 17.9 Å². The number of allylic oxidation sites excluding steroid dienone is 20. The van der Waals surface area contributed by atoms with Crippen molar-refractivity contribution < 1.29 is 28.6 Å². The maximum absolute atomic E-state index is 12.9. The smallest absolute Gasteiger partial charge is 0.306 e. The Balaban J connectivity index is 4.51. The van der Waals surface area contributed by atoms with Crippen molar-refractivity contribution in [2.75, 3.05) is 13.2 Å². The molecule has 390 valence electrons. The quantitative estimate of drug-likeness (QED) is 0.0262. The Kier molecular flexibility index (Phi) is 53.0. The Bertz CT molecular complexity index is 1390. The van der Waals surface area contributed by atoms with Crippen LogP contribution in [0.5, 0.6) is 0 Å². The van der Waals surface area contributed by atoms with Crippen molar-refractivity contribution in [2.24, 2.45) is 0 Å². The molecule has 0 bridgehead atoms. The zero-order valence-electron chi connectivity index (χ0n) is 44.5. The molecule has 0 fully saturated rings. The van der Waals surface area contributed by atoms with E-state index < -0.39 is 6.10 Å². The molecule has 0 saturated heterocycles. The third kappa shape index (κ3) is 54.6. The van der Waals surface area contributed by atoms with E-state index in [0.717, 1.165) is 148 Å². The molecule has 0 aliphatic heterocycles. The molecule has 0 unspecified atom stereocenters. The molecule has 0 amide bonds. The number of unbranched alkanes of at least 4 members (excludes halogenated alkanes) is 18. The van der Waals surface area contributed by atoms with Gasteiger partial charge < -0.3 is 14.2 Å². The van der Waals surface area contributed by atoms with E-state index in [0.29, 0.717) is 19.3 Å².